The fraction of sp³-hybridized carbons (Fsp3) is 0.929. The van der Waals surface area contributed by atoms with E-state index in [0.29, 0.717) is 33.5 Å². The second kappa shape index (κ2) is 12.1. The van der Waals surface area contributed by atoms with Gasteiger partial charge in [-0.3, -0.25) is 9.59 Å². The van der Waals surface area contributed by atoms with Crippen LogP contribution in [0, 0.1) is 11.8 Å². The zero-order valence-electron chi connectivity index (χ0n) is 21.5. The van der Waals surface area contributed by atoms with Crippen molar-refractivity contribution in [3.05, 3.63) is 0 Å². The Labute approximate surface area is 204 Å². The van der Waals surface area contributed by atoms with Gasteiger partial charge in [-0.15, -0.1) is 0 Å². The number of rotatable bonds is 6. The third-order valence-corrected chi connectivity index (χ3v) is 15.0. The Hall–Kier alpha value is 0.0400. The summed E-state index contributed by atoms with van der Waals surface area (Å²) in [6, 6.07) is 0. The van der Waals surface area contributed by atoms with Gasteiger partial charge in [0, 0.05) is 46.5 Å². The molecule has 0 atom stereocenters. The summed E-state index contributed by atoms with van der Waals surface area (Å²) in [6.45, 7) is 8.32. The number of carbonyl (C=O) groups excluding carboxylic acids is 2. The first-order valence-electron chi connectivity index (χ1n) is 13.7. The zero-order valence-corrected chi connectivity index (χ0v) is 23.1. The van der Waals surface area contributed by atoms with E-state index >= 15 is 0 Å². The van der Waals surface area contributed by atoms with Crippen LogP contribution in [0.3, 0.4) is 0 Å². The molecule has 2 aliphatic heterocycles. The normalized spacial score (nSPS) is 25.5. The van der Waals surface area contributed by atoms with Gasteiger partial charge in [0.2, 0.25) is 0 Å². The molecule has 0 spiro atoms. The minimum atomic E-state index is -0.0509. The van der Waals surface area contributed by atoms with Crippen molar-refractivity contribution in [2.75, 3.05) is 23.0 Å². The lowest BCUT2D eigenvalue weighted by Gasteiger charge is -2.37. The molecule has 0 N–H and O–H groups in total. The second-order valence-electron chi connectivity index (χ2n) is 11.5. The molecule has 4 heteroatoms. The van der Waals surface area contributed by atoms with Crippen LogP contribution in [0.25, 0.3) is 0 Å². The van der Waals surface area contributed by atoms with Crippen LogP contribution >= 0.6 is 0 Å². The van der Waals surface area contributed by atoms with Crippen molar-refractivity contribution in [2.45, 2.75) is 127 Å². The molecule has 0 bridgehead atoms. The molecule has 4 fully saturated rings. The lowest BCUT2D eigenvalue weighted by molar-refractivity contribution is -0.127. The van der Waals surface area contributed by atoms with Gasteiger partial charge < -0.3 is 0 Å². The maximum Gasteiger partial charge on any atom is 0.190 e. The molecule has 184 valence electrons. The summed E-state index contributed by atoms with van der Waals surface area (Å²) in [7, 11) is 0.808. The van der Waals surface area contributed by atoms with Gasteiger partial charge in [0.1, 0.15) is 23.0 Å². The summed E-state index contributed by atoms with van der Waals surface area (Å²) < 4.78 is 0.113. The maximum atomic E-state index is 13.3. The van der Waals surface area contributed by atoms with E-state index in [2.05, 4.69) is 13.8 Å². The molecule has 32 heavy (non-hydrogen) atoms. The van der Waals surface area contributed by atoms with E-state index in [-0.39, 0.29) is 15.4 Å². The van der Waals surface area contributed by atoms with Crippen molar-refractivity contribution in [3.63, 3.8) is 0 Å². The number of Topliss-reactive ketones (excluding diaryl/α,β-unsaturated/α-hetero) is 2. The molecule has 0 amide bonds. The SMILES string of the molecule is CC(C)C(=O)C(C)(C)[S+]1CCCC1.O=C(C1CCCCC1)C1([S+]2CCCC2)CCCCC1. The highest BCUT2D eigenvalue weighted by Gasteiger charge is 2.56. The summed E-state index contributed by atoms with van der Waals surface area (Å²) in [4.78, 5) is 25.2. The third-order valence-electron chi connectivity index (χ3n) is 8.54. The summed E-state index contributed by atoms with van der Waals surface area (Å²) >= 11 is 0. The zero-order chi connectivity index (χ0) is 23.2. The van der Waals surface area contributed by atoms with Crippen molar-refractivity contribution in [1.82, 2.24) is 0 Å². The van der Waals surface area contributed by atoms with E-state index in [9.17, 15) is 9.59 Å². The lowest BCUT2D eigenvalue weighted by atomic mass is 9.76. The monoisotopic (exact) mass is 482 g/mol. The fourth-order valence-electron chi connectivity index (χ4n) is 6.58. The Morgan fingerprint density at radius 2 is 1.25 bits per heavy atom. The Morgan fingerprint density at radius 3 is 1.78 bits per heavy atom. The summed E-state index contributed by atoms with van der Waals surface area (Å²) in [5.41, 5.74) is 0. The van der Waals surface area contributed by atoms with Gasteiger partial charge in [0.05, 0.1) is 0 Å². The molecule has 2 saturated carbocycles. The summed E-state index contributed by atoms with van der Waals surface area (Å²) in [6.07, 6.45) is 18.3. The molecule has 0 radical (unpaired) electrons. The van der Waals surface area contributed by atoms with Crippen LogP contribution in [0.2, 0.25) is 0 Å². The molecule has 2 nitrogen and oxygen atoms in total. The summed E-state index contributed by atoms with van der Waals surface area (Å²) in [5, 5.41) is 0. The van der Waals surface area contributed by atoms with E-state index in [1.165, 1.54) is 113 Å². The number of hydrogen-bond acceptors (Lipinski definition) is 2. The molecule has 2 heterocycles. The van der Waals surface area contributed by atoms with Crippen LogP contribution in [0.1, 0.15) is 118 Å². The van der Waals surface area contributed by atoms with Crippen LogP contribution < -0.4 is 0 Å². The smallest absolute Gasteiger partial charge is 0.190 e. The minimum absolute atomic E-state index is 0.0509. The van der Waals surface area contributed by atoms with Gasteiger partial charge in [0.15, 0.2) is 21.1 Å². The van der Waals surface area contributed by atoms with Crippen LogP contribution in [-0.4, -0.2) is 44.1 Å². The van der Waals surface area contributed by atoms with Gasteiger partial charge >= 0.3 is 0 Å². The number of ketones is 2. The average molecular weight is 483 g/mol. The average Bonchev–Trinajstić information content (AvgIpc) is 3.54. The van der Waals surface area contributed by atoms with E-state index in [4.69, 9.17) is 0 Å². The highest BCUT2D eigenvalue weighted by Crippen LogP contribution is 2.44. The minimum Gasteiger partial charge on any atom is -0.293 e. The van der Waals surface area contributed by atoms with Crippen LogP contribution in [0.15, 0.2) is 0 Å². The molecule has 0 aromatic carbocycles. The highest BCUT2D eigenvalue weighted by molar-refractivity contribution is 7.99. The lowest BCUT2D eigenvalue weighted by Crippen LogP contribution is -2.51. The van der Waals surface area contributed by atoms with Crippen molar-refractivity contribution >= 4 is 33.4 Å². The van der Waals surface area contributed by atoms with E-state index in [0.717, 1.165) is 5.78 Å². The first-order chi connectivity index (χ1) is 15.3. The van der Waals surface area contributed by atoms with E-state index < -0.39 is 0 Å². The number of hydrogen-bond donors (Lipinski definition) is 0. The molecule has 2 saturated heterocycles. The van der Waals surface area contributed by atoms with Gasteiger partial charge in [-0.05, 0) is 65.2 Å². The van der Waals surface area contributed by atoms with Crippen LogP contribution in [-0.2, 0) is 31.4 Å². The number of carbonyl (C=O) groups is 2. The van der Waals surface area contributed by atoms with Gasteiger partial charge in [-0.2, -0.15) is 0 Å². The molecular formula is C28H50O2S2+2. The molecule has 2 aliphatic carbocycles. The van der Waals surface area contributed by atoms with Gasteiger partial charge in [-0.1, -0.05) is 39.5 Å². The first kappa shape index (κ1) is 26.6. The van der Waals surface area contributed by atoms with Gasteiger partial charge in [-0.25, -0.2) is 0 Å². The predicted octanol–water partition coefficient (Wildman–Crippen LogP) is 6.65. The predicted molar refractivity (Wildman–Crippen MR) is 144 cm³/mol. The van der Waals surface area contributed by atoms with Crippen molar-refractivity contribution in [3.8, 4) is 0 Å². The highest BCUT2D eigenvalue weighted by atomic mass is 32.2. The Kier molecular flexibility index (Phi) is 10.1. The third kappa shape index (κ3) is 6.18. The van der Waals surface area contributed by atoms with Crippen molar-refractivity contribution < 1.29 is 9.59 Å². The second-order valence-corrected chi connectivity index (χ2v) is 16.9. The first-order valence-corrected chi connectivity index (χ1v) is 16.9. The molecule has 4 aliphatic rings. The van der Waals surface area contributed by atoms with E-state index in [1.54, 1.807) is 0 Å². The van der Waals surface area contributed by atoms with Crippen molar-refractivity contribution in [1.29, 1.82) is 0 Å². The Morgan fingerprint density at radius 1 is 0.750 bits per heavy atom. The fourth-order valence-corrected chi connectivity index (χ4v) is 12.8. The maximum absolute atomic E-state index is 13.3. The van der Waals surface area contributed by atoms with Crippen LogP contribution in [0.5, 0.6) is 0 Å². The van der Waals surface area contributed by atoms with Crippen LogP contribution in [0.4, 0.5) is 0 Å². The molecule has 0 aromatic rings. The quantitative estimate of drug-likeness (QED) is 0.397. The summed E-state index contributed by atoms with van der Waals surface area (Å²) in [5.74, 6) is 7.14. The molecular weight excluding hydrogens is 432 g/mol. The molecule has 0 unspecified atom stereocenters. The Bertz CT molecular complexity index is 603. The molecule has 4 rings (SSSR count). The van der Waals surface area contributed by atoms with E-state index in [1.807, 2.05) is 13.8 Å². The van der Waals surface area contributed by atoms with Gasteiger partial charge in [0.25, 0.3) is 0 Å². The topological polar surface area (TPSA) is 34.1 Å². The largest absolute Gasteiger partial charge is 0.293 e. The van der Waals surface area contributed by atoms with Crippen molar-refractivity contribution in [2.24, 2.45) is 11.8 Å². The standard InChI is InChI=1S/C17H29OS.C11H21OS/c18-16(15-9-3-1-4-10-15)17(11-5-2-6-12-17)19-13-7-8-14-19;1-9(2)10(12)11(3,4)13-7-5-6-8-13/h15H,1-14H2;9H,5-8H2,1-4H3/q2*+1. The molecule has 0 aromatic heterocycles. The Balaban J connectivity index is 0.000000195.